The number of benzene rings is 1. The summed E-state index contributed by atoms with van der Waals surface area (Å²) < 4.78 is 0. The van der Waals surface area contributed by atoms with Crippen molar-refractivity contribution in [1.82, 2.24) is 4.90 Å². The Morgan fingerprint density at radius 1 is 1.44 bits per heavy atom. The maximum Gasteiger partial charge on any atom is 0.253 e. The average Bonchev–Trinajstić information content (AvgIpc) is 2.39. The van der Waals surface area contributed by atoms with Gasteiger partial charge in [-0.15, -0.1) is 0 Å². The Kier molecular flexibility index (Phi) is 5.74. The molecule has 3 N–H and O–H groups in total. The first-order valence-electron chi connectivity index (χ1n) is 5.90. The summed E-state index contributed by atoms with van der Waals surface area (Å²) in [5, 5.41) is 8.81. The van der Waals surface area contributed by atoms with Gasteiger partial charge >= 0.3 is 0 Å². The Bertz CT molecular complexity index is 435. The zero-order valence-corrected chi connectivity index (χ0v) is 11.2. The molecule has 0 aliphatic carbocycles. The van der Waals surface area contributed by atoms with Crippen LogP contribution in [0.25, 0.3) is 0 Å². The highest BCUT2D eigenvalue weighted by atomic mass is 32.1. The molecule has 4 nitrogen and oxygen atoms in total. The van der Waals surface area contributed by atoms with Gasteiger partial charge in [0.1, 0.15) is 4.99 Å². The molecule has 0 saturated carbocycles. The average molecular weight is 266 g/mol. The van der Waals surface area contributed by atoms with Crippen LogP contribution < -0.4 is 5.73 Å². The predicted molar refractivity (Wildman–Crippen MR) is 75.6 cm³/mol. The number of hydrogen-bond acceptors (Lipinski definition) is 3. The number of carbonyl (C=O) groups excluding carboxylic acids is 1. The summed E-state index contributed by atoms with van der Waals surface area (Å²) in [6.07, 6.45) is 0.578. The first-order valence-corrected chi connectivity index (χ1v) is 6.31. The number of aliphatic hydroxyl groups excluding tert-OH is 1. The number of nitrogens with two attached hydrogens (primary N) is 1. The summed E-state index contributed by atoms with van der Waals surface area (Å²) in [5.41, 5.74) is 6.80. The third-order valence-electron chi connectivity index (χ3n) is 2.65. The van der Waals surface area contributed by atoms with E-state index >= 15 is 0 Å². The van der Waals surface area contributed by atoms with Crippen LogP contribution in [0.2, 0.25) is 0 Å². The molecule has 18 heavy (non-hydrogen) atoms. The smallest absolute Gasteiger partial charge is 0.253 e. The van der Waals surface area contributed by atoms with Crippen molar-refractivity contribution in [3.8, 4) is 0 Å². The Hall–Kier alpha value is -1.46. The minimum atomic E-state index is -0.0657. The van der Waals surface area contributed by atoms with Crippen molar-refractivity contribution in [3.63, 3.8) is 0 Å². The standard InChI is InChI=1S/C13H18N2O2S/c1-2-15(7-4-8-16)13(17)11-6-3-5-10(9-11)12(14)18/h3,5-6,9,16H,2,4,7-8H2,1H3,(H2,14,18). The fraction of sp³-hybridized carbons (Fsp3) is 0.385. The molecule has 98 valence electrons. The van der Waals surface area contributed by atoms with Gasteiger partial charge in [-0.05, 0) is 25.5 Å². The lowest BCUT2D eigenvalue weighted by Gasteiger charge is -2.20. The molecule has 0 atom stereocenters. The molecular weight excluding hydrogens is 248 g/mol. The molecule has 0 saturated heterocycles. The number of rotatable bonds is 6. The second-order valence-electron chi connectivity index (χ2n) is 3.91. The number of hydrogen-bond donors (Lipinski definition) is 2. The van der Waals surface area contributed by atoms with Gasteiger partial charge in [0.25, 0.3) is 5.91 Å². The van der Waals surface area contributed by atoms with Gasteiger partial charge in [0.15, 0.2) is 0 Å². The van der Waals surface area contributed by atoms with Crippen LogP contribution in [0.15, 0.2) is 24.3 Å². The van der Waals surface area contributed by atoms with E-state index in [1.807, 2.05) is 6.92 Å². The number of nitrogens with zero attached hydrogens (tertiary/aromatic N) is 1. The molecule has 0 unspecified atom stereocenters. The Balaban J connectivity index is 2.87. The third kappa shape index (κ3) is 3.78. The maximum absolute atomic E-state index is 12.2. The highest BCUT2D eigenvalue weighted by Crippen LogP contribution is 2.09. The van der Waals surface area contributed by atoms with E-state index in [0.29, 0.717) is 30.6 Å². The van der Waals surface area contributed by atoms with Crippen molar-refractivity contribution >= 4 is 23.1 Å². The lowest BCUT2D eigenvalue weighted by atomic mass is 10.1. The van der Waals surface area contributed by atoms with E-state index in [2.05, 4.69) is 0 Å². The van der Waals surface area contributed by atoms with E-state index in [9.17, 15) is 4.79 Å². The molecule has 0 fully saturated rings. The van der Waals surface area contributed by atoms with Crippen molar-refractivity contribution in [3.05, 3.63) is 35.4 Å². The van der Waals surface area contributed by atoms with E-state index in [4.69, 9.17) is 23.1 Å². The molecule has 1 aromatic carbocycles. The fourth-order valence-corrected chi connectivity index (χ4v) is 1.78. The van der Waals surface area contributed by atoms with Crippen molar-refractivity contribution in [2.45, 2.75) is 13.3 Å². The second-order valence-corrected chi connectivity index (χ2v) is 4.35. The van der Waals surface area contributed by atoms with Crippen LogP contribution in [0.3, 0.4) is 0 Å². The molecule has 0 bridgehead atoms. The van der Waals surface area contributed by atoms with E-state index in [1.165, 1.54) is 0 Å². The van der Waals surface area contributed by atoms with Crippen molar-refractivity contribution < 1.29 is 9.90 Å². The van der Waals surface area contributed by atoms with E-state index < -0.39 is 0 Å². The molecule has 0 spiro atoms. The van der Waals surface area contributed by atoms with Gasteiger partial charge < -0.3 is 15.7 Å². The summed E-state index contributed by atoms with van der Waals surface area (Å²) in [5.74, 6) is -0.0657. The lowest BCUT2D eigenvalue weighted by Crippen LogP contribution is -2.32. The zero-order chi connectivity index (χ0) is 13.5. The third-order valence-corrected chi connectivity index (χ3v) is 2.88. The van der Waals surface area contributed by atoms with Gasteiger partial charge in [-0.2, -0.15) is 0 Å². The van der Waals surface area contributed by atoms with Crippen LogP contribution in [0, 0.1) is 0 Å². The number of amides is 1. The predicted octanol–water partition coefficient (Wildman–Crippen LogP) is 1.17. The minimum absolute atomic E-state index is 0.0657. The SMILES string of the molecule is CCN(CCCO)C(=O)c1cccc(C(N)=S)c1. The molecule has 0 aromatic heterocycles. The molecule has 0 aliphatic rings. The van der Waals surface area contributed by atoms with Gasteiger partial charge in [-0.3, -0.25) is 4.79 Å². The van der Waals surface area contributed by atoms with Gasteiger partial charge in [-0.25, -0.2) is 0 Å². The van der Waals surface area contributed by atoms with Crippen molar-refractivity contribution in [2.24, 2.45) is 5.73 Å². The van der Waals surface area contributed by atoms with Crippen LogP contribution >= 0.6 is 12.2 Å². The van der Waals surface area contributed by atoms with Crippen LogP contribution in [-0.2, 0) is 0 Å². The molecular formula is C13H18N2O2S. The molecule has 0 heterocycles. The molecule has 1 rings (SSSR count). The summed E-state index contributed by atoms with van der Waals surface area (Å²) >= 11 is 4.89. The first kappa shape index (κ1) is 14.6. The fourth-order valence-electron chi connectivity index (χ4n) is 1.65. The highest BCUT2D eigenvalue weighted by Gasteiger charge is 2.14. The normalized spacial score (nSPS) is 10.1. The van der Waals surface area contributed by atoms with Crippen LogP contribution in [-0.4, -0.2) is 40.6 Å². The molecule has 1 amide bonds. The van der Waals surface area contributed by atoms with E-state index in [-0.39, 0.29) is 17.5 Å². The maximum atomic E-state index is 12.2. The van der Waals surface area contributed by atoms with Gasteiger partial charge in [0.05, 0.1) is 0 Å². The monoisotopic (exact) mass is 266 g/mol. The van der Waals surface area contributed by atoms with E-state index in [0.717, 1.165) is 0 Å². The molecule has 5 heteroatoms. The van der Waals surface area contributed by atoms with E-state index in [1.54, 1.807) is 29.2 Å². The van der Waals surface area contributed by atoms with Crippen molar-refractivity contribution in [2.75, 3.05) is 19.7 Å². The second kappa shape index (κ2) is 7.08. The molecule has 1 aromatic rings. The topological polar surface area (TPSA) is 66.6 Å². The summed E-state index contributed by atoms with van der Waals surface area (Å²) in [4.78, 5) is 14.2. The number of aliphatic hydroxyl groups is 1. The Labute approximate surface area is 112 Å². The quantitative estimate of drug-likeness (QED) is 0.758. The largest absolute Gasteiger partial charge is 0.396 e. The van der Waals surface area contributed by atoms with Gasteiger partial charge in [-0.1, -0.05) is 24.4 Å². The summed E-state index contributed by atoms with van der Waals surface area (Å²) in [7, 11) is 0. The van der Waals surface area contributed by atoms with Gasteiger partial charge in [0.2, 0.25) is 0 Å². The first-order chi connectivity index (χ1) is 8.60. The number of thiocarbonyl (C=S) groups is 1. The number of carbonyl (C=O) groups is 1. The Morgan fingerprint density at radius 2 is 2.11 bits per heavy atom. The molecule has 0 radical (unpaired) electrons. The lowest BCUT2D eigenvalue weighted by molar-refractivity contribution is 0.0754. The van der Waals surface area contributed by atoms with Crippen molar-refractivity contribution in [1.29, 1.82) is 0 Å². The Morgan fingerprint density at radius 3 is 2.67 bits per heavy atom. The van der Waals surface area contributed by atoms with Crippen LogP contribution in [0.5, 0.6) is 0 Å². The van der Waals surface area contributed by atoms with Gasteiger partial charge in [0, 0.05) is 30.8 Å². The van der Waals surface area contributed by atoms with Crippen LogP contribution in [0.4, 0.5) is 0 Å². The summed E-state index contributed by atoms with van der Waals surface area (Å²) in [6, 6.07) is 6.99. The summed E-state index contributed by atoms with van der Waals surface area (Å²) in [6.45, 7) is 3.14. The zero-order valence-electron chi connectivity index (χ0n) is 10.4. The highest BCUT2D eigenvalue weighted by molar-refractivity contribution is 7.80. The minimum Gasteiger partial charge on any atom is -0.396 e. The molecule has 0 aliphatic heterocycles. The van der Waals surface area contributed by atoms with Crippen LogP contribution in [0.1, 0.15) is 29.3 Å².